The van der Waals surface area contributed by atoms with Crippen LogP contribution in [0.1, 0.15) is 11.1 Å². The minimum atomic E-state index is -0.747. The molecule has 0 fully saturated rings. The summed E-state index contributed by atoms with van der Waals surface area (Å²) in [7, 11) is 0.931. The Balaban J connectivity index is 1.37. The van der Waals surface area contributed by atoms with Crippen molar-refractivity contribution in [3.05, 3.63) is 71.9 Å². The van der Waals surface area contributed by atoms with E-state index >= 15 is 0 Å². The number of rotatable bonds is 7. The Bertz CT molecular complexity index is 1340. The number of pyridine rings is 1. The van der Waals surface area contributed by atoms with Gasteiger partial charge in [0.05, 0.1) is 7.11 Å². The minimum absolute atomic E-state index is 0.558. The van der Waals surface area contributed by atoms with Crippen molar-refractivity contribution < 1.29 is 8.95 Å². The van der Waals surface area contributed by atoms with Gasteiger partial charge in [0.1, 0.15) is 5.75 Å². The first kappa shape index (κ1) is 22.6. The van der Waals surface area contributed by atoms with Gasteiger partial charge in [0.2, 0.25) is 5.95 Å². The van der Waals surface area contributed by atoms with Crippen molar-refractivity contribution in [3.8, 4) is 16.9 Å². The summed E-state index contributed by atoms with van der Waals surface area (Å²) >= 11 is 0. The third kappa shape index (κ3) is 4.83. The Labute approximate surface area is 202 Å². The van der Waals surface area contributed by atoms with Gasteiger partial charge in [0.25, 0.3) is 0 Å². The fraction of sp³-hybridized carbons (Fsp3) is 0.308. The maximum atomic E-state index is 11.5. The zero-order valence-electron chi connectivity index (χ0n) is 19.5. The summed E-state index contributed by atoms with van der Waals surface area (Å²) < 4.78 is 18.8. The van der Waals surface area contributed by atoms with Gasteiger partial charge < -0.3 is 15.0 Å². The van der Waals surface area contributed by atoms with Crippen LogP contribution in [0.25, 0.3) is 16.8 Å². The van der Waals surface area contributed by atoms with E-state index in [1.54, 1.807) is 17.9 Å². The number of hydrogen-bond donors (Lipinski definition) is 1. The molecule has 1 unspecified atom stereocenters. The van der Waals surface area contributed by atoms with Gasteiger partial charge in [-0.15, -0.1) is 5.10 Å². The van der Waals surface area contributed by atoms with E-state index in [9.17, 15) is 4.21 Å². The van der Waals surface area contributed by atoms with E-state index in [4.69, 9.17) is 9.72 Å². The second kappa shape index (κ2) is 9.95. The molecule has 0 saturated carbocycles. The molecular formula is C26H29N5O2S. The van der Waals surface area contributed by atoms with Crippen LogP contribution >= 0.6 is 0 Å². The first-order chi connectivity index (χ1) is 16.6. The van der Waals surface area contributed by atoms with Crippen LogP contribution in [0.5, 0.6) is 5.75 Å². The molecule has 8 heteroatoms. The zero-order valence-corrected chi connectivity index (χ0v) is 20.3. The van der Waals surface area contributed by atoms with Gasteiger partial charge in [0, 0.05) is 65.5 Å². The highest BCUT2D eigenvalue weighted by Gasteiger charge is 2.16. The summed E-state index contributed by atoms with van der Waals surface area (Å²) in [6, 6.07) is 18.5. The topological polar surface area (TPSA) is 71.8 Å². The molecule has 0 amide bonds. The number of anilines is 2. The van der Waals surface area contributed by atoms with Crippen LogP contribution in [-0.4, -0.2) is 62.5 Å². The van der Waals surface area contributed by atoms with Crippen molar-refractivity contribution >= 4 is 28.1 Å². The van der Waals surface area contributed by atoms with Crippen molar-refractivity contribution in [1.29, 1.82) is 0 Å². The van der Waals surface area contributed by atoms with E-state index in [2.05, 4.69) is 33.5 Å². The maximum absolute atomic E-state index is 11.5. The van der Waals surface area contributed by atoms with Gasteiger partial charge in [0.15, 0.2) is 5.65 Å². The molecule has 0 radical (unpaired) electrons. The third-order valence-corrected chi connectivity index (χ3v) is 7.07. The summed E-state index contributed by atoms with van der Waals surface area (Å²) in [5.74, 6) is 2.10. The van der Waals surface area contributed by atoms with Gasteiger partial charge in [-0.2, -0.15) is 4.98 Å². The number of nitrogens with one attached hydrogen (secondary N) is 1. The molecule has 4 aromatic rings. The normalized spacial score (nSPS) is 15.0. The maximum Gasteiger partial charge on any atom is 0.247 e. The average molecular weight is 476 g/mol. The molecular weight excluding hydrogens is 446 g/mol. The van der Waals surface area contributed by atoms with E-state index < -0.39 is 10.8 Å². The molecule has 1 atom stereocenters. The summed E-state index contributed by atoms with van der Waals surface area (Å²) in [6.07, 6.45) is 5.68. The number of hydrogen-bond acceptors (Lipinski definition) is 6. The van der Waals surface area contributed by atoms with E-state index in [0.29, 0.717) is 5.95 Å². The van der Waals surface area contributed by atoms with E-state index in [1.165, 1.54) is 11.1 Å². The summed E-state index contributed by atoms with van der Waals surface area (Å²) in [6.45, 7) is 2.89. The molecule has 0 spiro atoms. The molecule has 34 heavy (non-hydrogen) atoms. The first-order valence-electron chi connectivity index (χ1n) is 11.5. The van der Waals surface area contributed by atoms with Crippen LogP contribution in [0, 0.1) is 0 Å². The lowest BCUT2D eigenvalue weighted by Gasteiger charge is -2.18. The minimum Gasteiger partial charge on any atom is -0.496 e. The molecule has 0 saturated heterocycles. The molecule has 0 bridgehead atoms. The lowest BCUT2D eigenvalue weighted by Crippen LogP contribution is -2.30. The summed E-state index contributed by atoms with van der Waals surface area (Å²) in [5.41, 5.74) is 6.44. The number of nitrogens with zero attached hydrogens (tertiary/aromatic N) is 4. The molecule has 2 aromatic heterocycles. The molecule has 0 aliphatic carbocycles. The largest absolute Gasteiger partial charge is 0.496 e. The number of aromatic nitrogens is 3. The van der Waals surface area contributed by atoms with Crippen molar-refractivity contribution in [2.24, 2.45) is 0 Å². The van der Waals surface area contributed by atoms with Crippen molar-refractivity contribution in [3.63, 3.8) is 0 Å². The van der Waals surface area contributed by atoms with E-state index in [1.807, 2.05) is 42.6 Å². The Morgan fingerprint density at radius 1 is 1.03 bits per heavy atom. The first-order valence-corrected chi connectivity index (χ1v) is 13.2. The second-order valence-corrected chi connectivity index (χ2v) is 10.1. The molecule has 176 valence electrons. The van der Waals surface area contributed by atoms with Crippen molar-refractivity contribution in [2.75, 3.05) is 44.1 Å². The SMILES string of the molecule is COc1ccccc1-c1cccn2nc(Nc3ccc4c(c3)CCN(CCS(C)=O)CC4)nc12. The molecule has 1 aliphatic rings. The van der Waals surface area contributed by atoms with Crippen molar-refractivity contribution in [1.82, 2.24) is 19.5 Å². The smallest absolute Gasteiger partial charge is 0.247 e. The lowest BCUT2D eigenvalue weighted by molar-refractivity contribution is 0.305. The second-order valence-electron chi connectivity index (χ2n) is 8.55. The number of benzene rings is 2. The van der Waals surface area contributed by atoms with Gasteiger partial charge in [-0.05, 0) is 54.3 Å². The summed E-state index contributed by atoms with van der Waals surface area (Å²) in [4.78, 5) is 7.21. The van der Waals surface area contributed by atoms with Crippen LogP contribution in [0.4, 0.5) is 11.6 Å². The highest BCUT2D eigenvalue weighted by Crippen LogP contribution is 2.32. The molecule has 1 aliphatic heterocycles. The van der Waals surface area contributed by atoms with Crippen molar-refractivity contribution in [2.45, 2.75) is 12.8 Å². The van der Waals surface area contributed by atoms with Gasteiger partial charge >= 0.3 is 0 Å². The highest BCUT2D eigenvalue weighted by atomic mass is 32.2. The standard InChI is InChI=1S/C26H29N5O2S/c1-33-24-8-4-3-6-22(24)23-7-5-13-31-25(23)28-26(29-31)27-21-10-9-19-11-14-30(16-17-34(2)32)15-12-20(19)18-21/h3-10,13,18H,11-12,14-17H2,1-2H3,(H,27,29). The predicted molar refractivity (Wildman–Crippen MR) is 137 cm³/mol. The monoisotopic (exact) mass is 475 g/mol. The Kier molecular flexibility index (Phi) is 6.60. The number of para-hydroxylation sites is 1. The fourth-order valence-electron chi connectivity index (χ4n) is 4.50. The van der Waals surface area contributed by atoms with Crippen LogP contribution in [-0.2, 0) is 23.6 Å². The quantitative estimate of drug-likeness (QED) is 0.437. The average Bonchev–Trinajstić information content (AvgIpc) is 3.15. The Morgan fingerprint density at radius 2 is 1.82 bits per heavy atom. The fourth-order valence-corrected chi connectivity index (χ4v) is 5.01. The number of ether oxygens (including phenoxy) is 1. The third-order valence-electron chi connectivity index (χ3n) is 6.31. The van der Waals surface area contributed by atoms with Gasteiger partial charge in [-0.25, -0.2) is 4.52 Å². The van der Waals surface area contributed by atoms with Crippen LogP contribution in [0.3, 0.4) is 0 Å². The Hall–Kier alpha value is -3.23. The number of methoxy groups -OCH3 is 1. The molecule has 1 N–H and O–H groups in total. The summed E-state index contributed by atoms with van der Waals surface area (Å²) in [5, 5.41) is 8.04. The highest BCUT2D eigenvalue weighted by molar-refractivity contribution is 7.84. The van der Waals surface area contributed by atoms with Crippen LogP contribution in [0.15, 0.2) is 60.8 Å². The van der Waals surface area contributed by atoms with Crippen LogP contribution < -0.4 is 10.1 Å². The molecule has 7 nitrogen and oxygen atoms in total. The van der Waals surface area contributed by atoms with E-state index in [-0.39, 0.29) is 0 Å². The predicted octanol–water partition coefficient (Wildman–Crippen LogP) is 3.93. The molecule has 3 heterocycles. The number of fused-ring (bicyclic) bond motifs is 2. The molecule has 2 aromatic carbocycles. The van der Waals surface area contributed by atoms with Gasteiger partial charge in [-0.1, -0.05) is 24.3 Å². The Morgan fingerprint density at radius 3 is 2.65 bits per heavy atom. The van der Waals surface area contributed by atoms with Gasteiger partial charge in [-0.3, -0.25) is 4.21 Å². The lowest BCUT2D eigenvalue weighted by atomic mass is 10.0. The zero-order chi connectivity index (χ0) is 23.5. The van der Waals surface area contributed by atoms with E-state index in [0.717, 1.165) is 66.4 Å². The van der Waals surface area contributed by atoms with Crippen LogP contribution in [0.2, 0.25) is 0 Å². The molecule has 5 rings (SSSR count).